The Morgan fingerprint density at radius 2 is 1.87 bits per heavy atom. The van der Waals surface area contributed by atoms with Crippen molar-refractivity contribution in [1.82, 2.24) is 9.78 Å². The molecule has 4 nitrogen and oxygen atoms in total. The molecule has 3 N–H and O–H groups in total. The van der Waals surface area contributed by atoms with Crippen molar-refractivity contribution in [2.24, 2.45) is 0 Å². The zero-order valence-corrected chi connectivity index (χ0v) is 12.8. The fraction of sp³-hybridized carbons (Fsp3) is 0.118. The van der Waals surface area contributed by atoms with Crippen molar-refractivity contribution in [3.63, 3.8) is 0 Å². The summed E-state index contributed by atoms with van der Waals surface area (Å²) in [5.74, 6) is -0.865. The summed E-state index contributed by atoms with van der Waals surface area (Å²) in [4.78, 5) is 0. The molecule has 0 spiro atoms. The average Bonchev–Trinajstić information content (AvgIpc) is 2.85. The summed E-state index contributed by atoms with van der Waals surface area (Å²) in [5.41, 5.74) is 9.10. The molecule has 0 aliphatic rings. The molecule has 0 amide bonds. The lowest BCUT2D eigenvalue weighted by molar-refractivity contribution is 0.588. The van der Waals surface area contributed by atoms with Crippen molar-refractivity contribution in [3.05, 3.63) is 59.7 Å². The second-order valence-corrected chi connectivity index (χ2v) is 5.16. The maximum Gasteiger partial charge on any atom is 0.149 e. The molecule has 0 saturated carbocycles. The van der Waals surface area contributed by atoms with E-state index in [-0.39, 0.29) is 11.5 Å². The lowest BCUT2D eigenvalue weighted by Crippen LogP contribution is -2.05. The molecule has 1 heterocycles. The molecule has 0 radical (unpaired) electrons. The molecule has 1 aromatic heterocycles. The van der Waals surface area contributed by atoms with Crippen molar-refractivity contribution in [3.8, 4) is 16.9 Å². The smallest absolute Gasteiger partial charge is 0.149 e. The topological polar surface area (TPSA) is 55.9 Å². The summed E-state index contributed by atoms with van der Waals surface area (Å²) in [6.07, 6.45) is 0. The van der Waals surface area contributed by atoms with Crippen LogP contribution in [0, 0.1) is 18.6 Å². The number of nitrogens with one attached hydrogen (secondary N) is 1. The number of para-hydroxylation sites is 1. The second-order valence-electron chi connectivity index (χ2n) is 5.16. The lowest BCUT2D eigenvalue weighted by Gasteiger charge is -2.07. The van der Waals surface area contributed by atoms with Gasteiger partial charge in [0.05, 0.1) is 5.69 Å². The first-order valence-electron chi connectivity index (χ1n) is 7.10. The average molecular weight is 314 g/mol. The maximum atomic E-state index is 14.0. The van der Waals surface area contributed by atoms with Gasteiger partial charge in [0.1, 0.15) is 23.1 Å². The minimum absolute atomic E-state index is 0.0150. The number of hydrogen-bond acceptors (Lipinski definition) is 3. The van der Waals surface area contributed by atoms with Crippen molar-refractivity contribution in [1.29, 1.82) is 0 Å². The molecular weight excluding hydrogens is 298 g/mol. The van der Waals surface area contributed by atoms with E-state index in [1.165, 1.54) is 4.68 Å². The van der Waals surface area contributed by atoms with Gasteiger partial charge in [0.25, 0.3) is 0 Å². The second kappa shape index (κ2) is 5.72. The summed E-state index contributed by atoms with van der Waals surface area (Å²) in [6.45, 7) is 1.80. The van der Waals surface area contributed by atoms with Crippen LogP contribution in [0.25, 0.3) is 16.9 Å². The number of hydrogen-bond donors (Lipinski definition) is 2. The van der Waals surface area contributed by atoms with Crippen LogP contribution in [0.5, 0.6) is 0 Å². The van der Waals surface area contributed by atoms with E-state index >= 15 is 0 Å². The summed E-state index contributed by atoms with van der Waals surface area (Å²) >= 11 is 0. The van der Waals surface area contributed by atoms with Crippen molar-refractivity contribution in [2.75, 3.05) is 18.1 Å². The van der Waals surface area contributed by atoms with Crippen LogP contribution in [0.2, 0.25) is 0 Å². The number of anilines is 2. The van der Waals surface area contributed by atoms with Gasteiger partial charge in [0.15, 0.2) is 0 Å². The highest BCUT2D eigenvalue weighted by molar-refractivity contribution is 5.79. The Hall–Kier alpha value is -2.89. The Balaban J connectivity index is 2.22. The van der Waals surface area contributed by atoms with Gasteiger partial charge in [-0.2, -0.15) is 5.10 Å². The minimum Gasteiger partial charge on any atom is -0.388 e. The summed E-state index contributed by atoms with van der Waals surface area (Å²) in [6, 6.07) is 10.8. The molecule has 0 saturated heterocycles. The van der Waals surface area contributed by atoms with Gasteiger partial charge >= 0.3 is 0 Å². The molecule has 3 aromatic rings. The summed E-state index contributed by atoms with van der Waals surface area (Å²) in [7, 11) is 1.81. The molecule has 0 aliphatic heterocycles. The molecule has 0 atom stereocenters. The summed E-state index contributed by atoms with van der Waals surface area (Å²) < 4.78 is 28.7. The molecule has 3 rings (SSSR count). The molecule has 23 heavy (non-hydrogen) atoms. The highest BCUT2D eigenvalue weighted by atomic mass is 19.1. The van der Waals surface area contributed by atoms with E-state index in [1.807, 2.05) is 24.3 Å². The zero-order chi connectivity index (χ0) is 16.6. The minimum atomic E-state index is -0.589. The monoisotopic (exact) mass is 314 g/mol. The van der Waals surface area contributed by atoms with Crippen LogP contribution in [0.3, 0.4) is 0 Å². The van der Waals surface area contributed by atoms with E-state index in [2.05, 4.69) is 10.4 Å². The first kappa shape index (κ1) is 15.0. The van der Waals surface area contributed by atoms with Crippen LogP contribution in [-0.2, 0) is 0 Å². The normalized spacial score (nSPS) is 10.8. The summed E-state index contributed by atoms with van der Waals surface area (Å²) in [5, 5.41) is 7.49. The predicted molar refractivity (Wildman–Crippen MR) is 87.6 cm³/mol. The first-order chi connectivity index (χ1) is 11.0. The standard InChI is InChI=1S/C17H16F2N4/c1-10-16(12-5-3-4-6-14(12)21-2)22-23(17(10)20)15-9-11(18)7-8-13(15)19/h3-9,21H,20H2,1-2H3. The van der Waals surface area contributed by atoms with Crippen LogP contribution in [0.4, 0.5) is 20.3 Å². The van der Waals surface area contributed by atoms with Crippen LogP contribution < -0.4 is 11.1 Å². The van der Waals surface area contributed by atoms with E-state index in [1.54, 1.807) is 14.0 Å². The van der Waals surface area contributed by atoms with Crippen molar-refractivity contribution < 1.29 is 8.78 Å². The number of aromatic nitrogens is 2. The fourth-order valence-corrected chi connectivity index (χ4v) is 2.50. The molecule has 0 aliphatic carbocycles. The van der Waals surface area contributed by atoms with Crippen LogP contribution >= 0.6 is 0 Å². The van der Waals surface area contributed by atoms with E-state index < -0.39 is 11.6 Å². The van der Waals surface area contributed by atoms with Gasteiger partial charge in [0, 0.05) is 29.9 Å². The molecule has 6 heteroatoms. The molecule has 2 aromatic carbocycles. The van der Waals surface area contributed by atoms with Crippen LogP contribution in [0.1, 0.15) is 5.56 Å². The number of nitrogens with zero attached hydrogens (tertiary/aromatic N) is 2. The predicted octanol–water partition coefficient (Wildman–Crippen LogP) is 3.75. The molecule has 118 valence electrons. The zero-order valence-electron chi connectivity index (χ0n) is 12.8. The first-order valence-corrected chi connectivity index (χ1v) is 7.10. The van der Waals surface area contributed by atoms with E-state index in [9.17, 15) is 8.78 Å². The van der Waals surface area contributed by atoms with E-state index in [4.69, 9.17) is 5.73 Å². The van der Waals surface area contributed by atoms with E-state index in [0.29, 0.717) is 11.3 Å². The Morgan fingerprint density at radius 1 is 1.13 bits per heavy atom. The van der Waals surface area contributed by atoms with Gasteiger partial charge in [-0.1, -0.05) is 18.2 Å². The largest absolute Gasteiger partial charge is 0.388 e. The lowest BCUT2D eigenvalue weighted by atomic mass is 10.1. The quantitative estimate of drug-likeness (QED) is 0.774. The van der Waals surface area contributed by atoms with E-state index in [0.717, 1.165) is 29.4 Å². The number of nitrogens with two attached hydrogens (primary N) is 1. The molecular formula is C17H16F2N4. The van der Waals surface area contributed by atoms with Crippen molar-refractivity contribution in [2.45, 2.75) is 6.92 Å². The third-order valence-corrected chi connectivity index (χ3v) is 3.76. The molecule has 0 unspecified atom stereocenters. The van der Waals surface area contributed by atoms with Crippen LogP contribution in [-0.4, -0.2) is 16.8 Å². The Kier molecular flexibility index (Phi) is 3.73. The fourth-order valence-electron chi connectivity index (χ4n) is 2.50. The van der Waals surface area contributed by atoms with Gasteiger partial charge in [-0.05, 0) is 25.1 Å². The SMILES string of the molecule is CNc1ccccc1-c1nn(-c2cc(F)ccc2F)c(N)c1C. The number of benzene rings is 2. The molecule has 0 fully saturated rings. The Morgan fingerprint density at radius 3 is 2.61 bits per heavy atom. The molecule has 0 bridgehead atoms. The third kappa shape index (κ3) is 2.52. The third-order valence-electron chi connectivity index (χ3n) is 3.76. The van der Waals surface area contributed by atoms with Gasteiger partial charge in [-0.25, -0.2) is 13.5 Å². The Labute approximate surface area is 132 Å². The number of halogens is 2. The Bertz CT molecular complexity index is 871. The highest BCUT2D eigenvalue weighted by Gasteiger charge is 2.18. The van der Waals surface area contributed by atoms with Gasteiger partial charge in [0.2, 0.25) is 0 Å². The number of nitrogen functional groups attached to an aromatic ring is 1. The van der Waals surface area contributed by atoms with Crippen molar-refractivity contribution >= 4 is 11.5 Å². The number of rotatable bonds is 3. The van der Waals surface area contributed by atoms with Gasteiger partial charge < -0.3 is 11.1 Å². The highest BCUT2D eigenvalue weighted by Crippen LogP contribution is 2.33. The van der Waals surface area contributed by atoms with Gasteiger partial charge in [-0.15, -0.1) is 0 Å². The van der Waals surface area contributed by atoms with Crippen LogP contribution in [0.15, 0.2) is 42.5 Å². The van der Waals surface area contributed by atoms with Gasteiger partial charge in [-0.3, -0.25) is 0 Å². The maximum absolute atomic E-state index is 14.0.